The number of nitrogens with zero attached hydrogens (tertiary/aromatic N) is 1. The minimum absolute atomic E-state index is 0.109. The number of carbonyl (C=O) groups is 2. The van der Waals surface area contributed by atoms with Gasteiger partial charge in [-0.25, -0.2) is 9.59 Å². The standard InChI is InChI=1S/C13H20N2O4/c1-5-15(8(2)3)13(18)14-7-10-6-11(12(16)17)9(4)19-10/h6,8H,5,7H2,1-4H3,(H,14,18)(H,16,17). The summed E-state index contributed by atoms with van der Waals surface area (Å²) in [7, 11) is 0. The van der Waals surface area contributed by atoms with E-state index in [4.69, 9.17) is 9.52 Å². The van der Waals surface area contributed by atoms with Crippen LogP contribution in [0.4, 0.5) is 4.79 Å². The number of aromatic carboxylic acids is 1. The highest BCUT2D eigenvalue weighted by Crippen LogP contribution is 2.14. The molecule has 0 radical (unpaired) electrons. The Hall–Kier alpha value is -1.98. The van der Waals surface area contributed by atoms with Crippen molar-refractivity contribution in [3.05, 3.63) is 23.2 Å². The van der Waals surface area contributed by atoms with Gasteiger partial charge in [0.25, 0.3) is 0 Å². The van der Waals surface area contributed by atoms with Gasteiger partial charge in [-0.1, -0.05) is 0 Å². The molecular formula is C13H20N2O4. The topological polar surface area (TPSA) is 82.8 Å². The maximum atomic E-state index is 11.9. The summed E-state index contributed by atoms with van der Waals surface area (Å²) in [5.41, 5.74) is 0.125. The molecule has 2 amide bonds. The third-order valence-electron chi connectivity index (χ3n) is 2.84. The molecule has 19 heavy (non-hydrogen) atoms. The number of hydrogen-bond acceptors (Lipinski definition) is 3. The summed E-state index contributed by atoms with van der Waals surface area (Å²) < 4.78 is 5.29. The molecule has 1 aromatic rings. The Morgan fingerprint density at radius 3 is 2.53 bits per heavy atom. The molecule has 0 aliphatic carbocycles. The molecule has 0 aliphatic rings. The molecule has 106 valence electrons. The number of rotatable bonds is 5. The number of carboxylic acid groups (broad SMARTS) is 1. The predicted molar refractivity (Wildman–Crippen MR) is 70.2 cm³/mol. The van der Waals surface area contributed by atoms with Crippen molar-refractivity contribution in [3.8, 4) is 0 Å². The van der Waals surface area contributed by atoms with Crippen LogP contribution in [0.15, 0.2) is 10.5 Å². The molecule has 1 heterocycles. The normalized spacial score (nSPS) is 10.6. The Morgan fingerprint density at radius 1 is 1.47 bits per heavy atom. The Labute approximate surface area is 112 Å². The molecular weight excluding hydrogens is 248 g/mol. The van der Waals surface area contributed by atoms with Crippen LogP contribution in [0.25, 0.3) is 0 Å². The van der Waals surface area contributed by atoms with Crippen LogP contribution < -0.4 is 5.32 Å². The van der Waals surface area contributed by atoms with Crippen LogP contribution in [0.2, 0.25) is 0 Å². The fraction of sp³-hybridized carbons (Fsp3) is 0.538. The largest absolute Gasteiger partial charge is 0.478 e. The lowest BCUT2D eigenvalue weighted by atomic mass is 10.2. The van der Waals surface area contributed by atoms with Gasteiger partial charge in [-0.3, -0.25) is 0 Å². The van der Waals surface area contributed by atoms with Gasteiger partial charge >= 0.3 is 12.0 Å². The monoisotopic (exact) mass is 268 g/mol. The number of aryl methyl sites for hydroxylation is 1. The fourth-order valence-electron chi connectivity index (χ4n) is 1.85. The summed E-state index contributed by atoms with van der Waals surface area (Å²) in [5, 5.41) is 11.6. The number of carboxylic acids is 1. The van der Waals surface area contributed by atoms with E-state index >= 15 is 0 Å². The number of carbonyl (C=O) groups excluding carboxylic acids is 1. The highest BCUT2D eigenvalue weighted by Gasteiger charge is 2.17. The van der Waals surface area contributed by atoms with Crippen LogP contribution in [-0.2, 0) is 6.54 Å². The molecule has 1 rings (SSSR count). The van der Waals surface area contributed by atoms with E-state index in [1.54, 1.807) is 11.8 Å². The van der Waals surface area contributed by atoms with Crippen molar-refractivity contribution >= 4 is 12.0 Å². The number of hydrogen-bond donors (Lipinski definition) is 2. The van der Waals surface area contributed by atoms with Crippen molar-refractivity contribution in [3.63, 3.8) is 0 Å². The Balaban J connectivity index is 2.64. The van der Waals surface area contributed by atoms with Crippen LogP contribution in [0, 0.1) is 6.92 Å². The van der Waals surface area contributed by atoms with E-state index in [1.807, 2.05) is 20.8 Å². The van der Waals surface area contributed by atoms with Gasteiger partial charge in [0.05, 0.1) is 6.54 Å². The van der Waals surface area contributed by atoms with Crippen LogP contribution in [-0.4, -0.2) is 34.6 Å². The SMILES string of the molecule is CCN(C(=O)NCc1cc(C(=O)O)c(C)o1)C(C)C. The van der Waals surface area contributed by atoms with E-state index in [2.05, 4.69) is 5.32 Å². The van der Waals surface area contributed by atoms with E-state index in [-0.39, 0.29) is 24.2 Å². The lowest BCUT2D eigenvalue weighted by Gasteiger charge is -2.25. The lowest BCUT2D eigenvalue weighted by Crippen LogP contribution is -2.43. The van der Waals surface area contributed by atoms with E-state index < -0.39 is 5.97 Å². The van der Waals surface area contributed by atoms with Crippen molar-refractivity contribution in [1.29, 1.82) is 0 Å². The molecule has 0 atom stereocenters. The van der Waals surface area contributed by atoms with Crippen molar-refractivity contribution in [1.82, 2.24) is 10.2 Å². The molecule has 0 fully saturated rings. The average molecular weight is 268 g/mol. The van der Waals surface area contributed by atoms with Gasteiger partial charge in [0.2, 0.25) is 0 Å². The van der Waals surface area contributed by atoms with Gasteiger partial charge in [0, 0.05) is 12.6 Å². The zero-order valence-corrected chi connectivity index (χ0v) is 11.7. The third kappa shape index (κ3) is 3.74. The van der Waals surface area contributed by atoms with Gasteiger partial charge < -0.3 is 19.7 Å². The molecule has 0 unspecified atom stereocenters. The summed E-state index contributed by atoms with van der Waals surface area (Å²) in [6.07, 6.45) is 0. The zero-order chi connectivity index (χ0) is 14.6. The Morgan fingerprint density at radius 2 is 2.11 bits per heavy atom. The van der Waals surface area contributed by atoms with Crippen molar-refractivity contribution < 1.29 is 19.1 Å². The van der Waals surface area contributed by atoms with E-state index in [0.717, 1.165) is 0 Å². The van der Waals surface area contributed by atoms with Crippen LogP contribution in [0.3, 0.4) is 0 Å². The molecule has 2 N–H and O–H groups in total. The van der Waals surface area contributed by atoms with Crippen LogP contribution in [0.1, 0.15) is 42.6 Å². The Bertz CT molecular complexity index is 465. The van der Waals surface area contributed by atoms with Gasteiger partial charge in [-0.05, 0) is 33.8 Å². The lowest BCUT2D eigenvalue weighted by molar-refractivity contribution is 0.0695. The second-order valence-corrected chi connectivity index (χ2v) is 4.53. The average Bonchev–Trinajstić information content (AvgIpc) is 2.68. The first-order chi connectivity index (χ1) is 8.86. The minimum Gasteiger partial charge on any atom is -0.478 e. The van der Waals surface area contributed by atoms with Crippen LogP contribution in [0.5, 0.6) is 0 Å². The molecule has 0 aromatic carbocycles. The van der Waals surface area contributed by atoms with Gasteiger partial charge in [0.1, 0.15) is 17.1 Å². The molecule has 0 bridgehead atoms. The molecule has 6 nitrogen and oxygen atoms in total. The van der Waals surface area contributed by atoms with Gasteiger partial charge in [0.15, 0.2) is 0 Å². The molecule has 0 saturated carbocycles. The molecule has 0 aliphatic heterocycles. The first kappa shape index (κ1) is 15.1. The van der Waals surface area contributed by atoms with Gasteiger partial charge in [-0.15, -0.1) is 0 Å². The summed E-state index contributed by atoms with van der Waals surface area (Å²) in [5.74, 6) is -0.257. The maximum absolute atomic E-state index is 11.9. The zero-order valence-electron chi connectivity index (χ0n) is 11.7. The Kier molecular flexibility index (Phi) is 4.97. The summed E-state index contributed by atoms with van der Waals surface area (Å²) in [4.78, 5) is 24.4. The summed E-state index contributed by atoms with van der Waals surface area (Å²) in [6, 6.07) is 1.35. The number of nitrogens with one attached hydrogen (secondary N) is 1. The highest BCUT2D eigenvalue weighted by atomic mass is 16.4. The molecule has 0 saturated heterocycles. The van der Waals surface area contributed by atoms with E-state index in [0.29, 0.717) is 18.1 Å². The number of amides is 2. The van der Waals surface area contributed by atoms with Crippen molar-refractivity contribution in [2.45, 2.75) is 40.3 Å². The smallest absolute Gasteiger partial charge is 0.339 e. The highest BCUT2D eigenvalue weighted by molar-refractivity contribution is 5.88. The second kappa shape index (κ2) is 6.26. The summed E-state index contributed by atoms with van der Waals surface area (Å²) in [6.45, 7) is 8.14. The van der Waals surface area contributed by atoms with Crippen LogP contribution >= 0.6 is 0 Å². The fourth-order valence-corrected chi connectivity index (χ4v) is 1.85. The second-order valence-electron chi connectivity index (χ2n) is 4.53. The molecule has 0 spiro atoms. The molecule has 1 aromatic heterocycles. The van der Waals surface area contributed by atoms with E-state index in [1.165, 1.54) is 6.07 Å². The van der Waals surface area contributed by atoms with Crippen molar-refractivity contribution in [2.24, 2.45) is 0 Å². The quantitative estimate of drug-likeness (QED) is 0.857. The first-order valence-corrected chi connectivity index (χ1v) is 6.23. The van der Waals surface area contributed by atoms with Gasteiger partial charge in [-0.2, -0.15) is 0 Å². The molecule has 6 heteroatoms. The number of furan rings is 1. The number of urea groups is 1. The predicted octanol–water partition coefficient (Wildman–Crippen LogP) is 2.23. The summed E-state index contributed by atoms with van der Waals surface area (Å²) >= 11 is 0. The third-order valence-corrected chi connectivity index (χ3v) is 2.84. The first-order valence-electron chi connectivity index (χ1n) is 6.23. The maximum Gasteiger partial charge on any atom is 0.339 e. The van der Waals surface area contributed by atoms with E-state index in [9.17, 15) is 9.59 Å². The minimum atomic E-state index is -1.03. The van der Waals surface area contributed by atoms with Crippen molar-refractivity contribution in [2.75, 3.05) is 6.54 Å².